The summed E-state index contributed by atoms with van der Waals surface area (Å²) < 4.78 is 9.43. The van der Waals surface area contributed by atoms with Crippen molar-refractivity contribution in [2.45, 2.75) is 12.1 Å². The van der Waals surface area contributed by atoms with Crippen LogP contribution in [0.25, 0.3) is 0 Å². The summed E-state index contributed by atoms with van der Waals surface area (Å²) >= 11 is 0. The third-order valence-electron chi connectivity index (χ3n) is 3.45. The number of methoxy groups -OCH3 is 1. The molecule has 1 N–H and O–H groups in total. The molecule has 1 saturated heterocycles. The Hall–Kier alpha value is -2.90. The Morgan fingerprint density at radius 2 is 2.09 bits per heavy atom. The van der Waals surface area contributed by atoms with Crippen LogP contribution >= 0.6 is 0 Å². The lowest BCUT2D eigenvalue weighted by Crippen LogP contribution is -2.57. The van der Waals surface area contributed by atoms with Crippen LogP contribution in [-0.2, 0) is 28.7 Å². The van der Waals surface area contributed by atoms with Gasteiger partial charge in [0.15, 0.2) is 0 Å². The number of nitrogens with one attached hydrogen (secondary N) is 1. The highest BCUT2D eigenvalue weighted by molar-refractivity contribution is 6.04. The average Bonchev–Trinajstić information content (AvgIpc) is 2.59. The predicted octanol–water partition coefficient (Wildman–Crippen LogP) is -0.599. The van der Waals surface area contributed by atoms with E-state index in [1.54, 1.807) is 24.3 Å². The van der Waals surface area contributed by atoms with E-state index in [0.29, 0.717) is 6.41 Å². The van der Waals surface area contributed by atoms with Crippen LogP contribution in [0.5, 0.6) is 0 Å². The smallest absolute Gasteiger partial charge is 0.338 e. The van der Waals surface area contributed by atoms with Crippen LogP contribution in [0.2, 0.25) is 0 Å². The van der Waals surface area contributed by atoms with Gasteiger partial charge in [-0.15, -0.1) is 0 Å². The Labute approximate surface area is 132 Å². The number of morpholine rings is 1. The quantitative estimate of drug-likeness (QED) is 0.442. The van der Waals surface area contributed by atoms with E-state index in [9.17, 15) is 19.2 Å². The van der Waals surface area contributed by atoms with E-state index < -0.39 is 36.5 Å². The van der Waals surface area contributed by atoms with Gasteiger partial charge >= 0.3 is 11.9 Å². The van der Waals surface area contributed by atoms with E-state index in [1.165, 1.54) is 7.11 Å². The summed E-state index contributed by atoms with van der Waals surface area (Å²) in [5, 5.41) is 2.25. The van der Waals surface area contributed by atoms with Crippen molar-refractivity contribution in [3.05, 3.63) is 35.9 Å². The maximum absolute atomic E-state index is 12.2. The van der Waals surface area contributed by atoms with Crippen molar-refractivity contribution in [3.8, 4) is 0 Å². The Bertz CT molecular complexity index is 603. The van der Waals surface area contributed by atoms with Gasteiger partial charge in [0.05, 0.1) is 13.2 Å². The molecule has 1 heterocycles. The molecule has 0 spiro atoms. The SMILES string of the molecule is COC(=O)CNC(=O)[C@H]1C(=O)OC[C@H](c2ccccc2)N1C=O. The molecule has 1 aromatic carbocycles. The zero-order valence-electron chi connectivity index (χ0n) is 12.4. The standard InChI is InChI=1S/C15H16N2O6/c1-22-12(19)7-16-14(20)13-15(21)23-8-11(17(13)9-18)10-5-3-2-4-6-10/h2-6,9,11,13H,7-8H2,1H3,(H,16,20)/t11-,13+/m1/s1. The Balaban J connectivity index is 2.19. The van der Waals surface area contributed by atoms with Gasteiger partial charge in [-0.3, -0.25) is 14.4 Å². The highest BCUT2D eigenvalue weighted by Gasteiger charge is 2.42. The normalized spacial score (nSPS) is 20.4. The molecule has 8 heteroatoms. The van der Waals surface area contributed by atoms with Crippen LogP contribution in [0.15, 0.2) is 30.3 Å². The molecule has 122 valence electrons. The maximum Gasteiger partial charge on any atom is 0.338 e. The van der Waals surface area contributed by atoms with Gasteiger partial charge in [0.1, 0.15) is 13.2 Å². The fourth-order valence-electron chi connectivity index (χ4n) is 2.28. The second kappa shape index (κ2) is 7.39. The molecule has 1 aliphatic rings. The van der Waals surface area contributed by atoms with E-state index in [1.807, 2.05) is 6.07 Å². The Morgan fingerprint density at radius 3 is 2.70 bits per heavy atom. The molecule has 2 rings (SSSR count). The van der Waals surface area contributed by atoms with Gasteiger partial charge in [0.25, 0.3) is 5.91 Å². The summed E-state index contributed by atoms with van der Waals surface area (Å²) in [7, 11) is 1.17. The van der Waals surface area contributed by atoms with Crippen LogP contribution < -0.4 is 5.32 Å². The second-order valence-corrected chi connectivity index (χ2v) is 4.81. The third-order valence-corrected chi connectivity index (χ3v) is 3.45. The maximum atomic E-state index is 12.2. The van der Waals surface area contributed by atoms with Gasteiger partial charge < -0.3 is 19.7 Å². The summed E-state index contributed by atoms with van der Waals surface area (Å²) in [6.07, 6.45) is 0.431. The van der Waals surface area contributed by atoms with Crippen LogP contribution in [0.3, 0.4) is 0 Å². The average molecular weight is 320 g/mol. The molecule has 0 aromatic heterocycles. The lowest BCUT2D eigenvalue weighted by Gasteiger charge is -2.37. The fraction of sp³-hybridized carbons (Fsp3) is 0.333. The number of ether oxygens (including phenoxy) is 2. The fourth-order valence-corrected chi connectivity index (χ4v) is 2.28. The van der Waals surface area contributed by atoms with Gasteiger partial charge in [0.2, 0.25) is 12.5 Å². The van der Waals surface area contributed by atoms with E-state index in [4.69, 9.17) is 4.74 Å². The largest absolute Gasteiger partial charge is 0.468 e. The number of benzene rings is 1. The van der Waals surface area contributed by atoms with E-state index in [0.717, 1.165) is 10.5 Å². The number of carbonyl (C=O) groups excluding carboxylic acids is 4. The summed E-state index contributed by atoms with van der Waals surface area (Å²) in [6.45, 7) is -0.440. The molecule has 0 bridgehead atoms. The van der Waals surface area contributed by atoms with Gasteiger partial charge in [-0.05, 0) is 5.56 Å². The molecular formula is C15H16N2O6. The Morgan fingerprint density at radius 1 is 1.39 bits per heavy atom. The first-order chi connectivity index (χ1) is 11.1. The molecule has 23 heavy (non-hydrogen) atoms. The van der Waals surface area contributed by atoms with Crippen molar-refractivity contribution >= 4 is 24.3 Å². The first-order valence-corrected chi connectivity index (χ1v) is 6.87. The molecule has 1 aliphatic heterocycles. The summed E-state index contributed by atoms with van der Waals surface area (Å²) in [6, 6.07) is 6.89. The number of hydrogen-bond acceptors (Lipinski definition) is 6. The third kappa shape index (κ3) is 3.65. The van der Waals surface area contributed by atoms with Gasteiger partial charge in [-0.1, -0.05) is 30.3 Å². The van der Waals surface area contributed by atoms with E-state index >= 15 is 0 Å². The Kier molecular flexibility index (Phi) is 5.29. The molecule has 1 fully saturated rings. The highest BCUT2D eigenvalue weighted by Crippen LogP contribution is 2.26. The summed E-state index contributed by atoms with van der Waals surface area (Å²) in [5.41, 5.74) is 0.734. The number of carbonyl (C=O) groups is 4. The van der Waals surface area contributed by atoms with Crippen LogP contribution in [0.1, 0.15) is 11.6 Å². The first kappa shape index (κ1) is 16.5. The first-order valence-electron chi connectivity index (χ1n) is 6.87. The van der Waals surface area contributed by atoms with Crippen LogP contribution in [0.4, 0.5) is 0 Å². The van der Waals surface area contributed by atoms with Crippen LogP contribution in [-0.4, -0.2) is 55.5 Å². The molecule has 0 saturated carbocycles. The molecular weight excluding hydrogens is 304 g/mol. The summed E-state index contributed by atoms with van der Waals surface area (Å²) in [4.78, 5) is 47.7. The number of nitrogens with zero attached hydrogens (tertiary/aromatic N) is 1. The van der Waals surface area contributed by atoms with Crippen molar-refractivity contribution in [2.75, 3.05) is 20.3 Å². The molecule has 0 unspecified atom stereocenters. The monoisotopic (exact) mass is 320 g/mol. The lowest BCUT2D eigenvalue weighted by molar-refractivity contribution is -0.169. The molecule has 2 amide bonds. The van der Waals surface area contributed by atoms with Crippen molar-refractivity contribution in [3.63, 3.8) is 0 Å². The van der Waals surface area contributed by atoms with Gasteiger partial charge in [0, 0.05) is 0 Å². The van der Waals surface area contributed by atoms with E-state index in [2.05, 4.69) is 10.1 Å². The second-order valence-electron chi connectivity index (χ2n) is 4.81. The van der Waals surface area contributed by atoms with Crippen molar-refractivity contribution in [1.29, 1.82) is 0 Å². The highest BCUT2D eigenvalue weighted by atomic mass is 16.5. The van der Waals surface area contributed by atoms with Crippen molar-refractivity contribution in [2.24, 2.45) is 0 Å². The number of cyclic esters (lactones) is 1. The predicted molar refractivity (Wildman–Crippen MR) is 76.9 cm³/mol. The van der Waals surface area contributed by atoms with Crippen molar-refractivity contribution in [1.82, 2.24) is 10.2 Å². The molecule has 0 radical (unpaired) electrons. The molecule has 0 aliphatic carbocycles. The molecule has 2 atom stereocenters. The minimum absolute atomic E-state index is 0.0393. The van der Waals surface area contributed by atoms with Gasteiger partial charge in [-0.2, -0.15) is 0 Å². The van der Waals surface area contributed by atoms with Gasteiger partial charge in [-0.25, -0.2) is 4.79 Å². The molecule has 1 aromatic rings. The summed E-state index contributed by atoms with van der Waals surface area (Å²) in [5.74, 6) is -2.31. The van der Waals surface area contributed by atoms with E-state index in [-0.39, 0.29) is 6.61 Å². The number of rotatable bonds is 5. The zero-order valence-corrected chi connectivity index (χ0v) is 12.4. The molecule has 8 nitrogen and oxygen atoms in total. The topological polar surface area (TPSA) is 102 Å². The number of amides is 2. The number of esters is 2. The zero-order chi connectivity index (χ0) is 16.8. The minimum Gasteiger partial charge on any atom is -0.468 e. The lowest BCUT2D eigenvalue weighted by atomic mass is 10.0. The minimum atomic E-state index is -1.45. The number of hydrogen-bond donors (Lipinski definition) is 1. The van der Waals surface area contributed by atoms with Crippen molar-refractivity contribution < 1.29 is 28.7 Å². The van der Waals surface area contributed by atoms with Crippen LogP contribution in [0, 0.1) is 0 Å².